The van der Waals surface area contributed by atoms with Gasteiger partial charge < -0.3 is 0 Å². The van der Waals surface area contributed by atoms with E-state index in [0.717, 1.165) is 23.9 Å². The molecule has 6 rings (SSSR count). The number of hydrogen-bond donors (Lipinski definition) is 3. The van der Waals surface area contributed by atoms with Crippen LogP contribution in [0.4, 0.5) is 0 Å². The van der Waals surface area contributed by atoms with Gasteiger partial charge in [0.2, 0.25) is 0 Å². The number of guanidine groups is 2. The average molecular weight is 726 g/mol. The topological polar surface area (TPSA) is 84.0 Å². The number of hydrogen-bond acceptors (Lipinski definition) is 4. The van der Waals surface area contributed by atoms with Gasteiger partial charge in [-0.15, -0.1) is 0 Å². The summed E-state index contributed by atoms with van der Waals surface area (Å²) in [4.78, 5) is 9.24. The molecule has 1 aliphatic heterocycles. The first-order chi connectivity index (χ1) is 22.0. The van der Waals surface area contributed by atoms with Gasteiger partial charge in [0.1, 0.15) is 0 Å². The Hall–Kier alpha value is -4.20. The van der Waals surface area contributed by atoms with Crippen molar-refractivity contribution in [3.8, 4) is 5.75 Å². The second-order valence-electron chi connectivity index (χ2n) is 11.0. The van der Waals surface area contributed by atoms with Crippen molar-refractivity contribution in [1.29, 1.82) is 0 Å². The van der Waals surface area contributed by atoms with Gasteiger partial charge in [0.15, 0.2) is 0 Å². The molecule has 0 aromatic heterocycles. The maximum atomic E-state index is 6.48. The van der Waals surface area contributed by atoms with E-state index in [1.54, 1.807) is 0 Å². The number of ether oxygens (including phenoxy) is 1. The van der Waals surface area contributed by atoms with E-state index < -0.39 is 4.25 Å². The molecule has 5 aromatic rings. The van der Waals surface area contributed by atoms with Gasteiger partial charge in [-0.3, -0.25) is 0 Å². The summed E-state index contributed by atoms with van der Waals surface area (Å²) in [6.07, 6.45) is 1.37. The summed E-state index contributed by atoms with van der Waals surface area (Å²) in [5.74, 6) is 1.78. The molecular weight excluding hydrogens is 688 g/mol. The summed E-state index contributed by atoms with van der Waals surface area (Å²) >= 11 is 2.80. The van der Waals surface area contributed by atoms with Crippen LogP contribution in [-0.2, 0) is 6.42 Å². The quantitative estimate of drug-likeness (QED) is 0.115. The minimum absolute atomic E-state index is 0.331. The first-order valence-corrected chi connectivity index (χ1v) is 20.3. The minimum atomic E-state index is -2.90. The van der Waals surface area contributed by atoms with E-state index in [2.05, 4.69) is 146 Å². The summed E-state index contributed by atoms with van der Waals surface area (Å²) in [5, 5.41) is 10.4. The Morgan fingerprint density at radius 2 is 1.22 bits per heavy atom. The van der Waals surface area contributed by atoms with Crippen LogP contribution in [0.25, 0.3) is 0 Å². The number of nitrogens with one attached hydrogen (secondary N) is 2. The molecule has 1 aliphatic rings. The summed E-state index contributed by atoms with van der Waals surface area (Å²) in [6, 6.07) is 51.2. The van der Waals surface area contributed by atoms with Crippen molar-refractivity contribution in [2.45, 2.75) is 12.6 Å². The van der Waals surface area contributed by atoms with Gasteiger partial charge in [-0.2, -0.15) is 0 Å². The molecule has 0 bridgehead atoms. The van der Waals surface area contributed by atoms with Crippen LogP contribution in [0, 0.1) is 0 Å². The van der Waals surface area contributed by atoms with Gasteiger partial charge in [-0.05, 0) is 12.0 Å². The summed E-state index contributed by atoms with van der Waals surface area (Å²) in [7, 11) is 0. The molecule has 1 atom stereocenters. The van der Waals surface area contributed by atoms with E-state index in [-0.39, 0.29) is 6.17 Å². The number of aliphatic imine (C=N–C) groups is 2. The summed E-state index contributed by atoms with van der Waals surface area (Å²) in [6.45, 7) is 1.21. The van der Waals surface area contributed by atoms with Crippen LogP contribution in [-0.4, -0.2) is 31.2 Å². The Balaban J connectivity index is 1.18. The molecule has 0 saturated heterocycles. The van der Waals surface area contributed by atoms with E-state index >= 15 is 0 Å². The first-order valence-electron chi connectivity index (χ1n) is 15.1. The van der Waals surface area contributed by atoms with Crippen molar-refractivity contribution in [3.05, 3.63) is 157 Å². The summed E-state index contributed by atoms with van der Waals surface area (Å²) in [5.41, 5.74) is 8.35. The van der Waals surface area contributed by atoms with Crippen molar-refractivity contribution in [3.63, 3.8) is 0 Å². The van der Waals surface area contributed by atoms with E-state index in [4.69, 9.17) is 10.5 Å². The second-order valence-corrected chi connectivity index (χ2v) is 21.7. The standard InChI is InChI=1S/C37H37IN5OP/c38-45(32-15-7-2-8-16-32,33-17-9-3-10-18-33,34-19-11-4-12-20-34)28-27-44-31-23-21-30(22-24-31)35-41-36(39)43-37(42-35)40-26-25-29-13-5-1-6-14-29/h1-24,35H,25-28H2,(H4,39,40,41,42,43). The fraction of sp³-hybridized carbons (Fsp3) is 0.135. The molecule has 0 radical (unpaired) electrons. The normalized spacial score (nSPS) is 16.5. The van der Waals surface area contributed by atoms with Crippen LogP contribution in [0.2, 0.25) is 0 Å². The molecule has 8 heteroatoms. The predicted octanol–water partition coefficient (Wildman–Crippen LogP) is 6.05. The van der Waals surface area contributed by atoms with Crippen molar-refractivity contribution in [2.75, 3.05) is 19.3 Å². The average Bonchev–Trinajstić information content (AvgIpc) is 3.10. The van der Waals surface area contributed by atoms with E-state index in [9.17, 15) is 0 Å². The Kier molecular flexibility index (Phi) is 9.47. The zero-order valence-corrected chi connectivity index (χ0v) is 28.0. The van der Waals surface area contributed by atoms with Crippen LogP contribution >= 0.6 is 26.3 Å². The number of rotatable bonds is 11. The molecule has 0 saturated carbocycles. The first kappa shape index (κ1) is 30.8. The third kappa shape index (κ3) is 6.75. The molecule has 45 heavy (non-hydrogen) atoms. The predicted molar refractivity (Wildman–Crippen MR) is 199 cm³/mol. The van der Waals surface area contributed by atoms with E-state index in [1.807, 2.05) is 42.5 Å². The van der Waals surface area contributed by atoms with Crippen molar-refractivity contribution in [1.82, 2.24) is 10.6 Å². The molecule has 1 heterocycles. The van der Waals surface area contributed by atoms with Crippen LogP contribution < -0.4 is 37.0 Å². The zero-order valence-electron chi connectivity index (χ0n) is 25.0. The van der Waals surface area contributed by atoms with Gasteiger partial charge in [-0.25, -0.2) is 0 Å². The van der Waals surface area contributed by atoms with Crippen LogP contribution in [0.15, 0.2) is 156 Å². The molecular formula is C37H37IN5OP. The third-order valence-electron chi connectivity index (χ3n) is 8.16. The summed E-state index contributed by atoms with van der Waals surface area (Å²) < 4.78 is 3.58. The molecule has 228 valence electrons. The molecule has 0 amide bonds. The van der Waals surface area contributed by atoms with Gasteiger partial charge in [0, 0.05) is 0 Å². The van der Waals surface area contributed by atoms with Crippen molar-refractivity contribution in [2.24, 2.45) is 15.7 Å². The Morgan fingerprint density at radius 1 is 0.711 bits per heavy atom. The van der Waals surface area contributed by atoms with E-state index in [1.165, 1.54) is 21.5 Å². The fourth-order valence-electron chi connectivity index (χ4n) is 5.81. The van der Waals surface area contributed by atoms with Crippen molar-refractivity contribution >= 4 is 54.1 Å². The number of benzene rings is 5. The zero-order chi connectivity index (χ0) is 31.0. The second kappa shape index (κ2) is 13.8. The monoisotopic (exact) mass is 725 g/mol. The number of nitrogens with zero attached hydrogens (tertiary/aromatic N) is 2. The van der Waals surface area contributed by atoms with Gasteiger partial charge in [0.05, 0.1) is 0 Å². The third-order valence-corrected chi connectivity index (χ3v) is 19.8. The number of nitrogens with two attached hydrogens (primary N) is 1. The van der Waals surface area contributed by atoms with Crippen molar-refractivity contribution < 1.29 is 4.74 Å². The van der Waals surface area contributed by atoms with Crippen LogP contribution in [0.3, 0.4) is 0 Å². The van der Waals surface area contributed by atoms with Gasteiger partial charge >= 0.3 is 237 Å². The molecule has 4 N–H and O–H groups in total. The van der Waals surface area contributed by atoms with Crippen LogP contribution in [0.5, 0.6) is 5.75 Å². The molecule has 0 aliphatic carbocycles. The molecule has 1 unspecified atom stereocenters. The Bertz CT molecular complexity index is 1650. The number of halogens is 1. The molecule has 0 fully saturated rings. The fourth-order valence-corrected chi connectivity index (χ4v) is 13.8. The van der Waals surface area contributed by atoms with Gasteiger partial charge in [0.25, 0.3) is 0 Å². The van der Waals surface area contributed by atoms with E-state index in [0.29, 0.717) is 25.1 Å². The van der Waals surface area contributed by atoms with Gasteiger partial charge in [-0.1, -0.05) is 30.3 Å². The Morgan fingerprint density at radius 3 is 1.76 bits per heavy atom. The molecule has 5 aromatic carbocycles. The Labute approximate surface area is 278 Å². The van der Waals surface area contributed by atoms with Crippen LogP contribution in [0.1, 0.15) is 17.3 Å². The molecule has 6 nitrogen and oxygen atoms in total. The molecule has 0 spiro atoms. The SMILES string of the molecule is NC1=NC(c2ccc(OCCP(I)(c3ccccc3)(c3ccccc3)c3ccccc3)cc2)NC(=NCCc2ccccc2)N1. The maximum absolute atomic E-state index is 6.48.